The monoisotopic (exact) mass is 472 g/mol. The lowest BCUT2D eigenvalue weighted by Gasteiger charge is -2.08. The van der Waals surface area contributed by atoms with E-state index in [2.05, 4.69) is 20.3 Å². The maximum atomic E-state index is 14.6. The van der Waals surface area contributed by atoms with E-state index in [0.29, 0.717) is 17.1 Å². The number of esters is 1. The van der Waals surface area contributed by atoms with E-state index in [1.807, 2.05) is 24.3 Å². The van der Waals surface area contributed by atoms with E-state index >= 15 is 0 Å². The zero-order valence-corrected chi connectivity index (χ0v) is 18.9. The summed E-state index contributed by atoms with van der Waals surface area (Å²) in [6.45, 7) is 0. The lowest BCUT2D eigenvalue weighted by atomic mass is 10.1. The van der Waals surface area contributed by atoms with Gasteiger partial charge in [0.15, 0.2) is 11.6 Å². The van der Waals surface area contributed by atoms with Crippen LogP contribution in [0.1, 0.15) is 21.5 Å². The highest BCUT2D eigenvalue weighted by Gasteiger charge is 2.14. The van der Waals surface area contributed by atoms with Crippen LogP contribution < -0.4 is 15.6 Å². The molecule has 0 atom stereocenters. The van der Waals surface area contributed by atoms with Crippen LogP contribution in [0.15, 0.2) is 71.9 Å². The first-order valence-electron chi connectivity index (χ1n) is 10.5. The molecular formula is C26H21FN4O4. The van der Waals surface area contributed by atoms with Crippen LogP contribution in [-0.4, -0.2) is 35.1 Å². The van der Waals surface area contributed by atoms with E-state index in [0.717, 1.165) is 11.3 Å². The Balaban J connectivity index is 1.47. The molecule has 176 valence electrons. The van der Waals surface area contributed by atoms with Crippen LogP contribution in [-0.2, 0) is 4.74 Å². The number of carbonyl (C=O) groups is 1. The molecule has 0 amide bonds. The Morgan fingerprint density at radius 3 is 2.46 bits per heavy atom. The molecule has 2 heterocycles. The summed E-state index contributed by atoms with van der Waals surface area (Å²) in [5, 5.41) is 3.09. The SMILES string of the molecule is COC(=O)c1cc(C=Cc2cnc(Nc3ccc(-c4ccc[nH]c4=O)cc3)nc2)c(F)c(OC)c1. The minimum absolute atomic E-state index is 0.0637. The maximum absolute atomic E-state index is 14.6. The fourth-order valence-electron chi connectivity index (χ4n) is 3.31. The molecule has 0 radical (unpaired) electrons. The van der Waals surface area contributed by atoms with Crippen molar-refractivity contribution in [3.05, 3.63) is 100.0 Å². The Kier molecular flexibility index (Phi) is 6.96. The van der Waals surface area contributed by atoms with Crippen LogP contribution in [0.4, 0.5) is 16.0 Å². The molecule has 0 bridgehead atoms. The summed E-state index contributed by atoms with van der Waals surface area (Å²) in [5.74, 6) is -0.893. The summed E-state index contributed by atoms with van der Waals surface area (Å²) in [6.07, 6.45) is 7.85. The fourth-order valence-corrected chi connectivity index (χ4v) is 3.31. The number of hydrogen-bond acceptors (Lipinski definition) is 7. The second-order valence-electron chi connectivity index (χ2n) is 7.36. The number of methoxy groups -OCH3 is 2. The van der Waals surface area contributed by atoms with Crippen molar-refractivity contribution in [2.75, 3.05) is 19.5 Å². The lowest BCUT2D eigenvalue weighted by Crippen LogP contribution is -2.06. The number of carbonyl (C=O) groups excluding carboxylic acids is 1. The first-order valence-corrected chi connectivity index (χ1v) is 10.5. The molecule has 2 N–H and O–H groups in total. The topological polar surface area (TPSA) is 106 Å². The number of nitrogens with one attached hydrogen (secondary N) is 2. The Bertz CT molecular complexity index is 1430. The zero-order chi connectivity index (χ0) is 24.8. The number of anilines is 2. The smallest absolute Gasteiger partial charge is 0.338 e. The van der Waals surface area contributed by atoms with Gasteiger partial charge in [0.25, 0.3) is 5.56 Å². The molecule has 0 spiro atoms. The number of H-pyrrole nitrogens is 1. The molecule has 0 aliphatic rings. The molecule has 0 unspecified atom stereocenters. The molecule has 0 saturated carbocycles. The lowest BCUT2D eigenvalue weighted by molar-refractivity contribution is 0.0600. The van der Waals surface area contributed by atoms with Crippen LogP contribution in [0.25, 0.3) is 23.3 Å². The summed E-state index contributed by atoms with van der Waals surface area (Å²) < 4.78 is 24.3. The molecule has 0 aliphatic carbocycles. The first-order chi connectivity index (χ1) is 17.0. The predicted molar refractivity (Wildman–Crippen MR) is 131 cm³/mol. The van der Waals surface area contributed by atoms with Gasteiger partial charge in [-0.25, -0.2) is 19.2 Å². The molecule has 9 heteroatoms. The number of benzene rings is 2. The van der Waals surface area contributed by atoms with E-state index in [1.165, 1.54) is 32.4 Å². The van der Waals surface area contributed by atoms with Gasteiger partial charge in [0, 0.05) is 41.0 Å². The van der Waals surface area contributed by atoms with Crippen molar-refractivity contribution >= 4 is 29.8 Å². The van der Waals surface area contributed by atoms with Crippen LogP contribution in [0.3, 0.4) is 0 Å². The fraction of sp³-hybridized carbons (Fsp3) is 0.0769. The Hall–Kier alpha value is -4.79. The van der Waals surface area contributed by atoms with Crippen LogP contribution >= 0.6 is 0 Å². The first kappa shape index (κ1) is 23.4. The largest absolute Gasteiger partial charge is 0.494 e. The van der Waals surface area contributed by atoms with Crippen LogP contribution in [0.2, 0.25) is 0 Å². The average molecular weight is 472 g/mol. The molecule has 8 nitrogen and oxygen atoms in total. The summed E-state index contributed by atoms with van der Waals surface area (Å²) in [4.78, 5) is 35.0. The van der Waals surface area contributed by atoms with Gasteiger partial charge in [-0.15, -0.1) is 0 Å². The zero-order valence-electron chi connectivity index (χ0n) is 18.9. The van der Waals surface area contributed by atoms with Crippen molar-refractivity contribution < 1.29 is 18.7 Å². The van der Waals surface area contributed by atoms with Crippen LogP contribution in [0, 0.1) is 5.82 Å². The number of ether oxygens (including phenoxy) is 2. The minimum atomic E-state index is -0.600. The Morgan fingerprint density at radius 1 is 1.06 bits per heavy atom. The third-order valence-corrected chi connectivity index (χ3v) is 5.11. The summed E-state index contributed by atoms with van der Waals surface area (Å²) >= 11 is 0. The van der Waals surface area contributed by atoms with E-state index in [9.17, 15) is 14.0 Å². The Morgan fingerprint density at radius 2 is 1.80 bits per heavy atom. The second-order valence-corrected chi connectivity index (χ2v) is 7.36. The standard InChI is InChI=1S/C26H21FN4O4/c1-34-22-13-19(25(33)35-2)12-18(23(22)27)6-5-16-14-29-26(30-15-16)31-20-9-7-17(8-10-20)21-4-3-11-28-24(21)32/h3-15H,1-2H3,(H,28,32)(H,29,30,31). The van der Waals surface area contributed by atoms with Gasteiger partial charge in [0.1, 0.15) is 0 Å². The molecule has 4 rings (SSSR count). The minimum Gasteiger partial charge on any atom is -0.494 e. The van der Waals surface area contributed by atoms with Gasteiger partial charge < -0.3 is 19.8 Å². The van der Waals surface area contributed by atoms with Crippen LogP contribution in [0.5, 0.6) is 5.75 Å². The number of pyridine rings is 1. The van der Waals surface area contributed by atoms with Gasteiger partial charge in [-0.05, 0) is 42.0 Å². The van der Waals surface area contributed by atoms with Crippen molar-refractivity contribution in [1.82, 2.24) is 15.0 Å². The normalized spacial score (nSPS) is 10.8. The summed E-state index contributed by atoms with van der Waals surface area (Å²) in [5.41, 5.74) is 2.91. The highest BCUT2D eigenvalue weighted by molar-refractivity contribution is 5.91. The molecule has 0 aliphatic heterocycles. The van der Waals surface area contributed by atoms with Crippen molar-refractivity contribution in [2.45, 2.75) is 0 Å². The molecule has 4 aromatic rings. The number of rotatable bonds is 7. The van der Waals surface area contributed by atoms with Crippen molar-refractivity contribution in [1.29, 1.82) is 0 Å². The molecule has 0 fully saturated rings. The van der Waals surface area contributed by atoms with Gasteiger partial charge in [-0.3, -0.25) is 4.79 Å². The second kappa shape index (κ2) is 10.4. The molecule has 35 heavy (non-hydrogen) atoms. The third kappa shape index (κ3) is 5.41. The van der Waals surface area contributed by atoms with Gasteiger partial charge >= 0.3 is 5.97 Å². The van der Waals surface area contributed by atoms with Gasteiger partial charge in [0.2, 0.25) is 5.95 Å². The Labute approximate surface area is 200 Å². The van der Waals surface area contributed by atoms with E-state index in [4.69, 9.17) is 9.47 Å². The van der Waals surface area contributed by atoms with Crippen molar-refractivity contribution in [3.63, 3.8) is 0 Å². The number of nitrogens with zero attached hydrogens (tertiary/aromatic N) is 2. The summed E-state index contributed by atoms with van der Waals surface area (Å²) in [6, 6.07) is 13.5. The van der Waals surface area contributed by atoms with E-state index in [-0.39, 0.29) is 22.4 Å². The van der Waals surface area contributed by atoms with Crippen molar-refractivity contribution in [2.24, 2.45) is 0 Å². The highest BCUT2D eigenvalue weighted by Crippen LogP contribution is 2.25. The molecule has 2 aromatic carbocycles. The molecule has 0 saturated heterocycles. The number of hydrogen-bond donors (Lipinski definition) is 2. The number of halogens is 1. The van der Waals surface area contributed by atoms with E-state index in [1.54, 1.807) is 36.8 Å². The van der Waals surface area contributed by atoms with Crippen molar-refractivity contribution in [3.8, 4) is 16.9 Å². The highest BCUT2D eigenvalue weighted by atomic mass is 19.1. The predicted octanol–water partition coefficient (Wildman–Crippen LogP) is 4.68. The van der Waals surface area contributed by atoms with E-state index < -0.39 is 11.8 Å². The molecular weight excluding hydrogens is 451 g/mol. The van der Waals surface area contributed by atoms with Gasteiger partial charge in [-0.1, -0.05) is 24.3 Å². The van der Waals surface area contributed by atoms with Gasteiger partial charge in [-0.2, -0.15) is 0 Å². The summed E-state index contributed by atoms with van der Waals surface area (Å²) in [7, 11) is 2.57. The molecule has 2 aromatic heterocycles. The third-order valence-electron chi connectivity index (χ3n) is 5.11. The van der Waals surface area contributed by atoms with Gasteiger partial charge in [0.05, 0.1) is 19.8 Å². The quantitative estimate of drug-likeness (QED) is 0.376. The number of aromatic amines is 1. The average Bonchev–Trinajstić information content (AvgIpc) is 2.89. The number of aromatic nitrogens is 3. The maximum Gasteiger partial charge on any atom is 0.338 e.